The minimum absolute atomic E-state index is 0.00811. The second kappa shape index (κ2) is 8.73. The lowest BCUT2D eigenvalue weighted by molar-refractivity contribution is -0.130. The van der Waals surface area contributed by atoms with Crippen molar-refractivity contribution in [2.45, 2.75) is 70.4 Å². The van der Waals surface area contributed by atoms with E-state index >= 15 is 0 Å². The Morgan fingerprint density at radius 3 is 2.46 bits per heavy atom. The van der Waals surface area contributed by atoms with Gasteiger partial charge in [0.25, 0.3) is 0 Å². The van der Waals surface area contributed by atoms with Gasteiger partial charge >= 0.3 is 6.09 Å². The molecule has 0 radical (unpaired) electrons. The minimum atomic E-state index is -0.276. The molecular weight excluding hydrogens is 334 g/mol. The monoisotopic (exact) mass is 365 g/mol. The molecule has 1 saturated carbocycles. The van der Waals surface area contributed by atoms with Crippen LogP contribution in [0.5, 0.6) is 0 Å². The maximum atomic E-state index is 12.6. The van der Waals surface area contributed by atoms with Crippen molar-refractivity contribution >= 4 is 17.9 Å². The number of amides is 3. The molecule has 0 aromatic carbocycles. The summed E-state index contributed by atoms with van der Waals surface area (Å²) in [5, 5.41) is 3.10. The zero-order valence-electron chi connectivity index (χ0n) is 15.7. The average Bonchev–Trinajstić information content (AvgIpc) is 3.05. The van der Waals surface area contributed by atoms with Gasteiger partial charge in [-0.05, 0) is 32.6 Å². The van der Waals surface area contributed by atoms with Crippen molar-refractivity contribution in [1.29, 1.82) is 0 Å². The molecule has 3 rings (SSSR count). The first-order valence-electron chi connectivity index (χ1n) is 10.1. The van der Waals surface area contributed by atoms with Crippen molar-refractivity contribution in [3.05, 3.63) is 0 Å². The van der Waals surface area contributed by atoms with Crippen LogP contribution in [0.15, 0.2) is 0 Å². The third-order valence-electron chi connectivity index (χ3n) is 5.91. The topological polar surface area (TPSA) is 79.0 Å². The molecule has 0 aromatic heterocycles. The number of nitrogens with one attached hydrogen (secondary N) is 1. The molecule has 2 saturated heterocycles. The van der Waals surface area contributed by atoms with Crippen LogP contribution in [0.4, 0.5) is 4.79 Å². The van der Waals surface area contributed by atoms with Gasteiger partial charge < -0.3 is 19.9 Å². The number of carbonyl (C=O) groups is 3. The zero-order valence-corrected chi connectivity index (χ0v) is 15.7. The number of nitrogens with zero attached hydrogens (tertiary/aromatic N) is 2. The Balaban J connectivity index is 1.44. The minimum Gasteiger partial charge on any atom is -0.450 e. The van der Waals surface area contributed by atoms with Crippen molar-refractivity contribution in [1.82, 2.24) is 15.1 Å². The molecule has 2 aliphatic heterocycles. The predicted octanol–water partition coefficient (Wildman–Crippen LogP) is 1.90. The molecule has 2 heterocycles. The molecule has 1 atom stereocenters. The van der Waals surface area contributed by atoms with Crippen molar-refractivity contribution in [3.8, 4) is 0 Å². The molecule has 26 heavy (non-hydrogen) atoms. The summed E-state index contributed by atoms with van der Waals surface area (Å²) in [6.45, 7) is 3.94. The van der Waals surface area contributed by atoms with Crippen LogP contribution < -0.4 is 5.32 Å². The Hall–Kier alpha value is -1.79. The van der Waals surface area contributed by atoms with Crippen LogP contribution in [-0.2, 0) is 14.3 Å². The molecule has 1 unspecified atom stereocenters. The van der Waals surface area contributed by atoms with E-state index in [1.807, 2.05) is 4.90 Å². The van der Waals surface area contributed by atoms with Gasteiger partial charge in [0.05, 0.1) is 12.5 Å². The van der Waals surface area contributed by atoms with Crippen LogP contribution in [-0.4, -0.2) is 66.0 Å². The van der Waals surface area contributed by atoms with E-state index in [-0.39, 0.29) is 29.9 Å². The van der Waals surface area contributed by atoms with E-state index in [0.29, 0.717) is 38.7 Å². The highest BCUT2D eigenvalue weighted by molar-refractivity contribution is 5.89. The first kappa shape index (κ1) is 19.0. The second-order valence-corrected chi connectivity index (χ2v) is 7.71. The number of rotatable bonds is 4. The van der Waals surface area contributed by atoms with Gasteiger partial charge in [0.2, 0.25) is 11.8 Å². The number of hydrogen-bond acceptors (Lipinski definition) is 4. The van der Waals surface area contributed by atoms with Crippen LogP contribution in [0.2, 0.25) is 0 Å². The third-order valence-corrected chi connectivity index (χ3v) is 5.91. The van der Waals surface area contributed by atoms with Crippen LogP contribution in [0, 0.1) is 5.92 Å². The molecule has 3 aliphatic rings. The quantitative estimate of drug-likeness (QED) is 0.825. The van der Waals surface area contributed by atoms with E-state index in [4.69, 9.17) is 4.74 Å². The Morgan fingerprint density at radius 2 is 1.81 bits per heavy atom. The molecule has 146 valence electrons. The highest BCUT2D eigenvalue weighted by Crippen LogP contribution is 2.29. The van der Waals surface area contributed by atoms with Gasteiger partial charge in [-0.25, -0.2) is 4.79 Å². The maximum absolute atomic E-state index is 12.6. The fraction of sp³-hybridized carbons (Fsp3) is 0.842. The summed E-state index contributed by atoms with van der Waals surface area (Å²) in [5.74, 6) is -0.104. The van der Waals surface area contributed by atoms with Crippen LogP contribution in [0.3, 0.4) is 0 Å². The fourth-order valence-corrected chi connectivity index (χ4v) is 4.39. The largest absolute Gasteiger partial charge is 0.450 e. The van der Waals surface area contributed by atoms with Gasteiger partial charge in [-0.3, -0.25) is 9.59 Å². The van der Waals surface area contributed by atoms with Crippen LogP contribution in [0.25, 0.3) is 0 Å². The van der Waals surface area contributed by atoms with E-state index in [1.165, 1.54) is 19.3 Å². The molecule has 0 aromatic rings. The molecule has 0 spiro atoms. The normalized spacial score (nSPS) is 25.4. The van der Waals surface area contributed by atoms with Crippen LogP contribution >= 0.6 is 0 Å². The van der Waals surface area contributed by atoms with Gasteiger partial charge in [-0.1, -0.05) is 19.3 Å². The molecule has 1 aliphatic carbocycles. The summed E-state index contributed by atoms with van der Waals surface area (Å²) in [7, 11) is 0. The van der Waals surface area contributed by atoms with Gasteiger partial charge in [-0.2, -0.15) is 0 Å². The summed E-state index contributed by atoms with van der Waals surface area (Å²) in [4.78, 5) is 40.3. The Labute approximate surface area is 155 Å². The summed E-state index contributed by atoms with van der Waals surface area (Å²) < 4.78 is 5.02. The SMILES string of the molecule is CCOC(=O)N1CCC(NC(=O)C2CC(=O)N(C3CCCCC3)C2)CC1. The highest BCUT2D eigenvalue weighted by atomic mass is 16.6. The first-order valence-corrected chi connectivity index (χ1v) is 10.1. The van der Waals surface area contributed by atoms with Gasteiger partial charge in [0, 0.05) is 38.1 Å². The van der Waals surface area contributed by atoms with E-state index < -0.39 is 0 Å². The van der Waals surface area contributed by atoms with E-state index in [1.54, 1.807) is 11.8 Å². The number of carbonyl (C=O) groups excluding carboxylic acids is 3. The summed E-state index contributed by atoms with van der Waals surface area (Å²) in [5.41, 5.74) is 0. The fourth-order valence-electron chi connectivity index (χ4n) is 4.39. The predicted molar refractivity (Wildman–Crippen MR) is 96.5 cm³/mol. The molecule has 7 nitrogen and oxygen atoms in total. The number of ether oxygens (including phenoxy) is 1. The first-order chi connectivity index (χ1) is 12.6. The zero-order chi connectivity index (χ0) is 18.5. The van der Waals surface area contributed by atoms with E-state index in [0.717, 1.165) is 25.7 Å². The number of hydrogen-bond donors (Lipinski definition) is 1. The lowest BCUT2D eigenvalue weighted by atomic mass is 9.94. The maximum Gasteiger partial charge on any atom is 0.409 e. The summed E-state index contributed by atoms with van der Waals surface area (Å²) in [6.07, 6.45) is 7.31. The lowest BCUT2D eigenvalue weighted by Gasteiger charge is -2.32. The standard InChI is InChI=1S/C19H31N3O4/c1-2-26-19(25)21-10-8-15(9-11-21)20-18(24)14-12-17(23)22(13-14)16-6-4-3-5-7-16/h14-16H,2-13H2,1H3,(H,20,24). The second-order valence-electron chi connectivity index (χ2n) is 7.71. The Bertz CT molecular complexity index is 525. The summed E-state index contributed by atoms with van der Waals surface area (Å²) in [6, 6.07) is 0.411. The molecule has 3 amide bonds. The van der Waals surface area contributed by atoms with Crippen LogP contribution in [0.1, 0.15) is 58.3 Å². The molecule has 1 N–H and O–H groups in total. The highest BCUT2D eigenvalue weighted by Gasteiger charge is 2.38. The molecule has 0 bridgehead atoms. The van der Waals surface area contributed by atoms with Gasteiger partial charge in [-0.15, -0.1) is 0 Å². The van der Waals surface area contributed by atoms with Gasteiger partial charge in [0.15, 0.2) is 0 Å². The Kier molecular flexibility index (Phi) is 6.38. The van der Waals surface area contributed by atoms with Crippen molar-refractivity contribution in [3.63, 3.8) is 0 Å². The Morgan fingerprint density at radius 1 is 1.12 bits per heavy atom. The lowest BCUT2D eigenvalue weighted by Crippen LogP contribution is -2.48. The van der Waals surface area contributed by atoms with Crippen molar-refractivity contribution < 1.29 is 19.1 Å². The molecular formula is C19H31N3O4. The molecule has 3 fully saturated rings. The van der Waals surface area contributed by atoms with E-state index in [9.17, 15) is 14.4 Å². The van der Waals surface area contributed by atoms with Gasteiger partial charge in [0.1, 0.15) is 0 Å². The smallest absolute Gasteiger partial charge is 0.409 e. The number of likely N-dealkylation sites (tertiary alicyclic amines) is 2. The van der Waals surface area contributed by atoms with Crippen molar-refractivity contribution in [2.75, 3.05) is 26.2 Å². The number of piperidine rings is 1. The summed E-state index contributed by atoms with van der Waals surface area (Å²) >= 11 is 0. The average molecular weight is 365 g/mol. The van der Waals surface area contributed by atoms with E-state index in [2.05, 4.69) is 5.32 Å². The molecule has 7 heteroatoms. The third kappa shape index (κ3) is 4.48. The van der Waals surface area contributed by atoms with Crippen molar-refractivity contribution in [2.24, 2.45) is 5.92 Å².